The highest BCUT2D eigenvalue weighted by atomic mass is 16.5. The van der Waals surface area contributed by atoms with Crippen molar-refractivity contribution >= 4 is 0 Å². The SMILES string of the molecule is CCCOC(C)C(O)c1ccc(C)cc1. The fourth-order valence-electron chi connectivity index (χ4n) is 1.43. The van der Waals surface area contributed by atoms with E-state index in [1.807, 2.05) is 38.1 Å². The van der Waals surface area contributed by atoms with Crippen LogP contribution in [0.5, 0.6) is 0 Å². The predicted octanol–water partition coefficient (Wildman–Crippen LogP) is 2.84. The van der Waals surface area contributed by atoms with Gasteiger partial charge in [0.05, 0.1) is 6.10 Å². The first-order chi connectivity index (χ1) is 7.15. The molecule has 1 aromatic carbocycles. The molecule has 1 N–H and O–H groups in total. The molecule has 0 amide bonds. The second-order valence-electron chi connectivity index (χ2n) is 3.93. The van der Waals surface area contributed by atoms with Crippen LogP contribution in [-0.4, -0.2) is 17.8 Å². The maximum atomic E-state index is 9.98. The number of rotatable bonds is 5. The molecule has 0 aliphatic rings. The normalized spacial score (nSPS) is 14.9. The van der Waals surface area contributed by atoms with E-state index < -0.39 is 6.10 Å². The largest absolute Gasteiger partial charge is 0.386 e. The molecule has 2 heteroatoms. The van der Waals surface area contributed by atoms with Gasteiger partial charge >= 0.3 is 0 Å². The number of benzene rings is 1. The lowest BCUT2D eigenvalue weighted by molar-refractivity contribution is -0.0276. The van der Waals surface area contributed by atoms with Crippen molar-refractivity contribution in [3.8, 4) is 0 Å². The third-order valence-electron chi connectivity index (χ3n) is 2.45. The molecular formula is C13H20O2. The highest BCUT2D eigenvalue weighted by Gasteiger charge is 2.16. The topological polar surface area (TPSA) is 29.5 Å². The van der Waals surface area contributed by atoms with E-state index in [0.29, 0.717) is 6.61 Å². The van der Waals surface area contributed by atoms with E-state index in [0.717, 1.165) is 12.0 Å². The van der Waals surface area contributed by atoms with Crippen molar-refractivity contribution in [2.45, 2.75) is 39.4 Å². The Balaban J connectivity index is 2.59. The summed E-state index contributed by atoms with van der Waals surface area (Å²) in [4.78, 5) is 0. The molecule has 0 aliphatic carbocycles. The molecule has 1 rings (SSSR count). The van der Waals surface area contributed by atoms with Crippen molar-refractivity contribution in [1.82, 2.24) is 0 Å². The number of hydrogen-bond acceptors (Lipinski definition) is 2. The number of hydrogen-bond donors (Lipinski definition) is 1. The molecule has 2 nitrogen and oxygen atoms in total. The van der Waals surface area contributed by atoms with Crippen molar-refractivity contribution in [3.63, 3.8) is 0 Å². The van der Waals surface area contributed by atoms with Gasteiger partial charge in [-0.05, 0) is 25.8 Å². The molecule has 2 unspecified atom stereocenters. The molecule has 1 aromatic rings. The van der Waals surface area contributed by atoms with E-state index in [1.54, 1.807) is 0 Å². The van der Waals surface area contributed by atoms with Gasteiger partial charge in [-0.15, -0.1) is 0 Å². The molecule has 0 aliphatic heterocycles. The maximum absolute atomic E-state index is 9.98. The zero-order valence-electron chi connectivity index (χ0n) is 9.73. The van der Waals surface area contributed by atoms with Crippen LogP contribution in [0.15, 0.2) is 24.3 Å². The van der Waals surface area contributed by atoms with Crippen molar-refractivity contribution in [3.05, 3.63) is 35.4 Å². The maximum Gasteiger partial charge on any atom is 0.105 e. The second kappa shape index (κ2) is 5.89. The molecule has 84 valence electrons. The van der Waals surface area contributed by atoms with Crippen molar-refractivity contribution in [1.29, 1.82) is 0 Å². The monoisotopic (exact) mass is 208 g/mol. The Morgan fingerprint density at radius 1 is 1.27 bits per heavy atom. The quantitative estimate of drug-likeness (QED) is 0.806. The smallest absolute Gasteiger partial charge is 0.105 e. The van der Waals surface area contributed by atoms with Gasteiger partial charge in [-0.1, -0.05) is 36.8 Å². The molecule has 0 bridgehead atoms. The Hall–Kier alpha value is -0.860. The molecule has 0 fully saturated rings. The summed E-state index contributed by atoms with van der Waals surface area (Å²) in [5.74, 6) is 0. The number of aliphatic hydroxyl groups excluding tert-OH is 1. The summed E-state index contributed by atoms with van der Waals surface area (Å²) in [5.41, 5.74) is 2.12. The van der Waals surface area contributed by atoms with Gasteiger partial charge in [0.15, 0.2) is 0 Å². The Kier molecular flexibility index (Phi) is 4.79. The van der Waals surface area contributed by atoms with E-state index in [4.69, 9.17) is 4.74 Å². The third-order valence-corrected chi connectivity index (χ3v) is 2.45. The summed E-state index contributed by atoms with van der Waals surface area (Å²) in [6.45, 7) is 6.70. The van der Waals surface area contributed by atoms with Crippen molar-refractivity contribution in [2.24, 2.45) is 0 Å². The van der Waals surface area contributed by atoms with Crippen LogP contribution in [0.3, 0.4) is 0 Å². The van der Waals surface area contributed by atoms with E-state index in [9.17, 15) is 5.11 Å². The van der Waals surface area contributed by atoms with Crippen LogP contribution in [0.1, 0.15) is 37.5 Å². The van der Waals surface area contributed by atoms with Gasteiger partial charge in [-0.3, -0.25) is 0 Å². The minimum absolute atomic E-state index is 0.146. The number of ether oxygens (including phenoxy) is 1. The van der Waals surface area contributed by atoms with Gasteiger partial charge in [-0.25, -0.2) is 0 Å². The summed E-state index contributed by atoms with van der Waals surface area (Å²) in [6, 6.07) is 7.91. The van der Waals surface area contributed by atoms with E-state index >= 15 is 0 Å². The van der Waals surface area contributed by atoms with Gasteiger partial charge in [-0.2, -0.15) is 0 Å². The standard InChI is InChI=1S/C13H20O2/c1-4-9-15-11(3)13(14)12-7-5-10(2)6-8-12/h5-8,11,13-14H,4,9H2,1-3H3. The lowest BCUT2D eigenvalue weighted by atomic mass is 10.0. The summed E-state index contributed by atoms with van der Waals surface area (Å²) < 4.78 is 5.49. The zero-order chi connectivity index (χ0) is 11.3. The van der Waals surface area contributed by atoms with E-state index in [-0.39, 0.29) is 6.10 Å². The molecular weight excluding hydrogens is 188 g/mol. The molecule has 0 saturated carbocycles. The Bertz CT molecular complexity index is 279. The second-order valence-corrected chi connectivity index (χ2v) is 3.93. The first-order valence-corrected chi connectivity index (χ1v) is 5.51. The average Bonchev–Trinajstić information content (AvgIpc) is 2.26. The molecule has 15 heavy (non-hydrogen) atoms. The first kappa shape index (κ1) is 12.2. The van der Waals surface area contributed by atoms with Gasteiger partial charge in [0, 0.05) is 6.61 Å². The van der Waals surface area contributed by atoms with Gasteiger partial charge in [0.2, 0.25) is 0 Å². The number of aliphatic hydroxyl groups is 1. The number of aryl methyl sites for hydroxylation is 1. The van der Waals surface area contributed by atoms with E-state index in [2.05, 4.69) is 6.92 Å². The molecule has 0 spiro atoms. The summed E-state index contributed by atoms with van der Waals surface area (Å²) in [6.07, 6.45) is 0.301. The van der Waals surface area contributed by atoms with Crippen LogP contribution in [0.2, 0.25) is 0 Å². The Morgan fingerprint density at radius 2 is 1.87 bits per heavy atom. The van der Waals surface area contributed by atoms with Crippen LogP contribution in [-0.2, 0) is 4.74 Å². The molecule has 0 heterocycles. The highest BCUT2D eigenvalue weighted by Crippen LogP contribution is 2.19. The van der Waals surface area contributed by atoms with Gasteiger partial charge < -0.3 is 9.84 Å². The van der Waals surface area contributed by atoms with Crippen LogP contribution in [0, 0.1) is 6.92 Å². The van der Waals surface area contributed by atoms with Crippen LogP contribution < -0.4 is 0 Å². The fourth-order valence-corrected chi connectivity index (χ4v) is 1.43. The van der Waals surface area contributed by atoms with E-state index in [1.165, 1.54) is 5.56 Å². The zero-order valence-corrected chi connectivity index (χ0v) is 9.73. The van der Waals surface area contributed by atoms with Gasteiger partial charge in [0.25, 0.3) is 0 Å². The lowest BCUT2D eigenvalue weighted by Crippen LogP contribution is -2.19. The fraction of sp³-hybridized carbons (Fsp3) is 0.538. The van der Waals surface area contributed by atoms with Crippen LogP contribution in [0.25, 0.3) is 0 Å². The molecule has 0 radical (unpaired) electrons. The van der Waals surface area contributed by atoms with Crippen molar-refractivity contribution < 1.29 is 9.84 Å². The summed E-state index contributed by atoms with van der Waals surface area (Å²) >= 11 is 0. The minimum atomic E-state index is -0.530. The minimum Gasteiger partial charge on any atom is -0.386 e. The van der Waals surface area contributed by atoms with Gasteiger partial charge in [0.1, 0.15) is 6.10 Å². The summed E-state index contributed by atoms with van der Waals surface area (Å²) in [5, 5.41) is 9.98. The Morgan fingerprint density at radius 3 is 2.40 bits per heavy atom. The highest BCUT2D eigenvalue weighted by molar-refractivity contribution is 5.23. The average molecular weight is 208 g/mol. The van der Waals surface area contributed by atoms with Crippen molar-refractivity contribution in [2.75, 3.05) is 6.61 Å². The predicted molar refractivity (Wildman–Crippen MR) is 61.8 cm³/mol. The summed E-state index contributed by atoms with van der Waals surface area (Å²) in [7, 11) is 0. The van der Waals surface area contributed by atoms with Crippen LogP contribution >= 0.6 is 0 Å². The first-order valence-electron chi connectivity index (χ1n) is 5.51. The molecule has 2 atom stereocenters. The Labute approximate surface area is 91.9 Å². The molecule has 0 saturated heterocycles. The third kappa shape index (κ3) is 3.65. The lowest BCUT2D eigenvalue weighted by Gasteiger charge is -2.19. The molecule has 0 aromatic heterocycles. The van der Waals surface area contributed by atoms with Crippen LogP contribution in [0.4, 0.5) is 0 Å².